The van der Waals surface area contributed by atoms with Crippen molar-refractivity contribution in [1.29, 1.82) is 0 Å². The van der Waals surface area contributed by atoms with Gasteiger partial charge in [-0.05, 0) is 61.7 Å². The molecule has 1 aliphatic heterocycles. The van der Waals surface area contributed by atoms with E-state index in [1.54, 1.807) is 23.6 Å². The van der Waals surface area contributed by atoms with Crippen molar-refractivity contribution in [3.8, 4) is 0 Å². The predicted molar refractivity (Wildman–Crippen MR) is 186 cm³/mol. The molecule has 1 aromatic heterocycles. The molecule has 2 amide bonds. The van der Waals surface area contributed by atoms with Gasteiger partial charge in [-0.3, -0.25) is 4.79 Å². The number of hydrogen-bond donors (Lipinski definition) is 2. The smallest absolute Gasteiger partial charge is 0.409 e. The molecule has 3 rings (SSSR count). The van der Waals surface area contributed by atoms with Gasteiger partial charge in [-0.1, -0.05) is 56.8 Å². The van der Waals surface area contributed by atoms with Gasteiger partial charge < -0.3 is 34.5 Å². The summed E-state index contributed by atoms with van der Waals surface area (Å²) in [5.41, 5.74) is 3.68. The predicted octanol–water partition coefficient (Wildman–Crippen LogP) is 5.87. The van der Waals surface area contributed by atoms with Crippen molar-refractivity contribution in [3.63, 3.8) is 0 Å². The molecule has 0 unspecified atom stereocenters. The van der Waals surface area contributed by atoms with Crippen molar-refractivity contribution < 1.29 is 19.1 Å². The SMILES string of the molecule is C=C(c1cc(Cl)ccc1CC/C=C\C)[C@@H](NC(=O)COC)c1cncn1C.C=CN(C)C.CC.CCOC(=O)N1CCNCC1. The first-order chi connectivity index (χ1) is 21.6. The lowest BCUT2D eigenvalue weighted by Gasteiger charge is -2.26. The van der Waals surface area contributed by atoms with Crippen molar-refractivity contribution in [3.05, 3.63) is 84.1 Å². The number of amides is 2. The number of nitrogens with zero attached hydrogens (tertiary/aromatic N) is 4. The third kappa shape index (κ3) is 16.3. The summed E-state index contributed by atoms with van der Waals surface area (Å²) >= 11 is 6.26. The highest BCUT2D eigenvalue weighted by atomic mass is 35.5. The molecule has 45 heavy (non-hydrogen) atoms. The van der Waals surface area contributed by atoms with Gasteiger partial charge >= 0.3 is 6.09 Å². The van der Waals surface area contributed by atoms with Crippen LogP contribution in [0.1, 0.15) is 57.0 Å². The first-order valence-electron chi connectivity index (χ1n) is 15.3. The molecular formula is C34H55ClN6O4. The summed E-state index contributed by atoms with van der Waals surface area (Å²) in [7, 11) is 7.25. The van der Waals surface area contributed by atoms with E-state index < -0.39 is 6.04 Å². The molecule has 1 aliphatic rings. The first-order valence-corrected chi connectivity index (χ1v) is 15.7. The van der Waals surface area contributed by atoms with Gasteiger partial charge in [-0.2, -0.15) is 0 Å². The van der Waals surface area contributed by atoms with Crippen LogP contribution in [0.3, 0.4) is 0 Å². The third-order valence-electron chi connectivity index (χ3n) is 6.32. The minimum atomic E-state index is -0.431. The normalized spacial score (nSPS) is 12.7. The number of methoxy groups -OCH3 is 1. The van der Waals surface area contributed by atoms with Crippen LogP contribution in [0.4, 0.5) is 4.79 Å². The molecule has 252 valence electrons. The largest absolute Gasteiger partial charge is 0.450 e. The Kier molecular flexibility index (Phi) is 22.7. The van der Waals surface area contributed by atoms with Crippen LogP contribution in [0.5, 0.6) is 0 Å². The number of aryl methyl sites for hydroxylation is 2. The number of allylic oxidation sites excluding steroid dienone is 2. The molecule has 0 radical (unpaired) electrons. The maximum atomic E-state index is 12.2. The number of piperazine rings is 1. The van der Waals surface area contributed by atoms with E-state index in [9.17, 15) is 9.59 Å². The number of halogens is 1. The topological polar surface area (TPSA) is 101 Å². The van der Waals surface area contributed by atoms with Crippen LogP contribution >= 0.6 is 11.6 Å². The van der Waals surface area contributed by atoms with Crippen molar-refractivity contribution in [1.82, 2.24) is 30.0 Å². The van der Waals surface area contributed by atoms with E-state index in [4.69, 9.17) is 21.1 Å². The van der Waals surface area contributed by atoms with Crippen LogP contribution in [0, 0.1) is 0 Å². The van der Waals surface area contributed by atoms with Gasteiger partial charge in [-0.25, -0.2) is 9.78 Å². The van der Waals surface area contributed by atoms with Gasteiger partial charge in [0.25, 0.3) is 0 Å². The van der Waals surface area contributed by atoms with E-state index >= 15 is 0 Å². The van der Waals surface area contributed by atoms with Crippen LogP contribution in [0.15, 0.2) is 62.2 Å². The minimum absolute atomic E-state index is 0.0225. The number of aromatic nitrogens is 2. The van der Waals surface area contributed by atoms with Crippen molar-refractivity contribution in [2.75, 3.05) is 60.6 Å². The van der Waals surface area contributed by atoms with E-state index in [1.807, 2.05) is 82.6 Å². The Bertz CT molecular complexity index is 1180. The number of rotatable bonds is 11. The third-order valence-corrected chi connectivity index (χ3v) is 6.56. The van der Waals surface area contributed by atoms with E-state index in [0.29, 0.717) is 11.6 Å². The second kappa shape index (κ2) is 24.7. The monoisotopic (exact) mass is 646 g/mol. The van der Waals surface area contributed by atoms with E-state index in [-0.39, 0.29) is 18.6 Å². The van der Waals surface area contributed by atoms with Crippen molar-refractivity contribution in [2.24, 2.45) is 7.05 Å². The Morgan fingerprint density at radius 3 is 2.40 bits per heavy atom. The first kappa shape index (κ1) is 41.4. The summed E-state index contributed by atoms with van der Waals surface area (Å²) in [6.45, 7) is 19.3. The highest BCUT2D eigenvalue weighted by Crippen LogP contribution is 2.32. The zero-order chi connectivity index (χ0) is 34.2. The standard InChI is InChI=1S/C21H26ClN3O2.C7H14N2O2.C4H9N.C2H6/c1-5-6-7-8-16-9-10-17(22)11-18(16)15(2)21(24-20(26)13-27-4)19-12-23-14-25(19)3;1-2-11-7(10)9-5-3-8-4-6-9;1-4-5(2)3;1-2/h5-6,9-12,14,21H,2,7-8,13H2,1,3-4H3,(H,24,26);8H,2-6H2,1H3;4H,1H2,2-3H3;1-2H3/b6-5-;;;/t21-;;;/m1.../s1. The Balaban J connectivity index is 0.000000881. The Morgan fingerprint density at radius 2 is 1.89 bits per heavy atom. The molecule has 2 heterocycles. The molecule has 2 aromatic rings. The second-order valence-corrected chi connectivity index (χ2v) is 10.3. The van der Waals surface area contributed by atoms with Gasteiger partial charge in [0.1, 0.15) is 6.61 Å². The summed E-state index contributed by atoms with van der Waals surface area (Å²) in [6.07, 6.45) is 10.9. The highest BCUT2D eigenvalue weighted by Gasteiger charge is 2.23. The van der Waals surface area contributed by atoms with Crippen LogP contribution in [-0.4, -0.2) is 91.9 Å². The number of imidazole rings is 1. The lowest BCUT2D eigenvalue weighted by Crippen LogP contribution is -2.46. The highest BCUT2D eigenvalue weighted by molar-refractivity contribution is 6.30. The van der Waals surface area contributed by atoms with E-state index in [0.717, 1.165) is 61.4 Å². The van der Waals surface area contributed by atoms with Crippen molar-refractivity contribution in [2.45, 2.75) is 46.6 Å². The van der Waals surface area contributed by atoms with Gasteiger partial charge in [-0.15, -0.1) is 0 Å². The van der Waals surface area contributed by atoms with Gasteiger partial charge in [0.15, 0.2) is 0 Å². The number of benzene rings is 1. The fraction of sp³-hybridized carbons (Fsp3) is 0.500. The molecule has 0 spiro atoms. The molecule has 1 fully saturated rings. The lowest BCUT2D eigenvalue weighted by molar-refractivity contribution is -0.125. The molecule has 0 saturated carbocycles. The lowest BCUT2D eigenvalue weighted by atomic mass is 9.91. The molecule has 11 heteroatoms. The molecule has 10 nitrogen and oxygen atoms in total. The second-order valence-electron chi connectivity index (χ2n) is 9.88. The summed E-state index contributed by atoms with van der Waals surface area (Å²) < 4.78 is 11.7. The maximum Gasteiger partial charge on any atom is 0.409 e. The number of ether oxygens (including phenoxy) is 2. The van der Waals surface area contributed by atoms with Crippen LogP contribution in [-0.2, 0) is 27.7 Å². The molecule has 1 atom stereocenters. The summed E-state index contributed by atoms with van der Waals surface area (Å²) in [5.74, 6) is -0.220. The summed E-state index contributed by atoms with van der Waals surface area (Å²) in [4.78, 5) is 31.1. The number of carbonyl (C=O) groups is 2. The fourth-order valence-corrected chi connectivity index (χ4v) is 4.18. The maximum absolute atomic E-state index is 12.2. The summed E-state index contributed by atoms with van der Waals surface area (Å²) in [6, 6.07) is 5.37. The van der Waals surface area contributed by atoms with Gasteiger partial charge in [0.2, 0.25) is 5.91 Å². The Hall–Kier alpha value is -3.60. The molecule has 1 saturated heterocycles. The molecule has 1 aromatic carbocycles. The van der Waals surface area contributed by atoms with Gasteiger partial charge in [0.05, 0.1) is 30.9 Å². The number of carbonyl (C=O) groups excluding carboxylic acids is 2. The molecule has 0 aliphatic carbocycles. The molecule has 0 bridgehead atoms. The van der Waals surface area contributed by atoms with Crippen LogP contribution < -0.4 is 10.6 Å². The zero-order valence-corrected chi connectivity index (χ0v) is 29.3. The minimum Gasteiger partial charge on any atom is -0.450 e. The quantitative estimate of drug-likeness (QED) is 0.295. The average Bonchev–Trinajstić information content (AvgIpc) is 3.47. The number of hydrogen-bond acceptors (Lipinski definition) is 7. The number of nitrogens with one attached hydrogen (secondary N) is 2. The zero-order valence-electron chi connectivity index (χ0n) is 28.6. The van der Waals surface area contributed by atoms with Crippen LogP contribution in [0.2, 0.25) is 5.02 Å². The fourth-order valence-electron chi connectivity index (χ4n) is 4.01. The van der Waals surface area contributed by atoms with E-state index in [2.05, 4.69) is 34.9 Å². The van der Waals surface area contributed by atoms with Crippen molar-refractivity contribution >= 4 is 29.2 Å². The average molecular weight is 647 g/mol. The van der Waals surface area contributed by atoms with Crippen LogP contribution in [0.25, 0.3) is 5.57 Å². The summed E-state index contributed by atoms with van der Waals surface area (Å²) in [5, 5.41) is 6.79. The Labute approximate surface area is 276 Å². The van der Waals surface area contributed by atoms with Gasteiger partial charge in [0, 0.05) is 59.5 Å². The van der Waals surface area contributed by atoms with E-state index in [1.165, 1.54) is 7.11 Å². The molecular weight excluding hydrogens is 592 g/mol. The molecule has 2 N–H and O–H groups in total. The Morgan fingerprint density at radius 1 is 1.24 bits per heavy atom.